The molecule has 17 heavy (non-hydrogen) atoms. The molecule has 0 spiro atoms. The van der Waals surface area contributed by atoms with Crippen LogP contribution in [0.3, 0.4) is 0 Å². The number of nitrogens with zero attached hydrogens (tertiary/aromatic N) is 2. The lowest BCUT2D eigenvalue weighted by Gasteiger charge is -2.36. The Morgan fingerprint density at radius 2 is 2.29 bits per heavy atom. The monoisotopic (exact) mass is 233 g/mol. The van der Waals surface area contributed by atoms with Gasteiger partial charge in [0.2, 0.25) is 0 Å². The summed E-state index contributed by atoms with van der Waals surface area (Å²) in [4.78, 5) is 6.72. The normalized spacial score (nSPS) is 21.8. The Hall–Kier alpha value is -0.930. The van der Waals surface area contributed by atoms with E-state index >= 15 is 0 Å². The maximum absolute atomic E-state index is 4.19. The second kappa shape index (κ2) is 5.61. The molecule has 1 aromatic rings. The molecule has 1 aromatic heterocycles. The molecule has 0 radical (unpaired) electrons. The fraction of sp³-hybridized carbons (Fsp3) is 0.643. The highest BCUT2D eigenvalue weighted by Crippen LogP contribution is 2.13. The van der Waals surface area contributed by atoms with Crippen LogP contribution in [0.2, 0.25) is 0 Å². The molecule has 1 fully saturated rings. The molecule has 1 N–H and O–H groups in total. The van der Waals surface area contributed by atoms with E-state index in [-0.39, 0.29) is 5.54 Å². The largest absolute Gasteiger partial charge is 0.311 e. The van der Waals surface area contributed by atoms with E-state index in [1.165, 1.54) is 24.9 Å². The van der Waals surface area contributed by atoms with Crippen LogP contribution in [0.4, 0.5) is 0 Å². The van der Waals surface area contributed by atoms with Crippen molar-refractivity contribution in [2.45, 2.75) is 38.8 Å². The van der Waals surface area contributed by atoms with Crippen molar-refractivity contribution in [3.8, 4) is 0 Å². The van der Waals surface area contributed by atoms with Crippen LogP contribution in [0.1, 0.15) is 32.3 Å². The molecule has 0 aromatic carbocycles. The van der Waals surface area contributed by atoms with Crippen molar-refractivity contribution in [3.63, 3.8) is 0 Å². The van der Waals surface area contributed by atoms with Gasteiger partial charge in [0, 0.05) is 31.0 Å². The van der Waals surface area contributed by atoms with Crippen LogP contribution in [0.5, 0.6) is 0 Å². The molecule has 1 aliphatic rings. The summed E-state index contributed by atoms with van der Waals surface area (Å²) in [6.07, 6.45) is 6.36. The van der Waals surface area contributed by atoms with Crippen molar-refractivity contribution in [2.75, 3.05) is 19.6 Å². The minimum absolute atomic E-state index is 0.211. The SMILES string of the molecule is CC1(C)CN(Cc2cccnc2)CCCCN1. The van der Waals surface area contributed by atoms with Crippen LogP contribution in [-0.4, -0.2) is 35.1 Å². The zero-order chi connectivity index (χ0) is 12.1. The minimum Gasteiger partial charge on any atom is -0.311 e. The summed E-state index contributed by atoms with van der Waals surface area (Å²) < 4.78 is 0. The van der Waals surface area contributed by atoms with Gasteiger partial charge in [-0.05, 0) is 51.4 Å². The van der Waals surface area contributed by atoms with E-state index in [1.54, 1.807) is 0 Å². The Morgan fingerprint density at radius 3 is 3.06 bits per heavy atom. The highest BCUT2D eigenvalue weighted by molar-refractivity contribution is 5.08. The third-order valence-electron chi connectivity index (χ3n) is 3.25. The van der Waals surface area contributed by atoms with E-state index in [0.717, 1.165) is 19.6 Å². The number of rotatable bonds is 2. The molecule has 0 unspecified atom stereocenters. The van der Waals surface area contributed by atoms with Crippen molar-refractivity contribution in [1.82, 2.24) is 15.2 Å². The summed E-state index contributed by atoms with van der Waals surface area (Å²) >= 11 is 0. The third-order valence-corrected chi connectivity index (χ3v) is 3.25. The first-order valence-corrected chi connectivity index (χ1v) is 6.52. The Morgan fingerprint density at radius 1 is 1.41 bits per heavy atom. The van der Waals surface area contributed by atoms with Gasteiger partial charge in [-0.2, -0.15) is 0 Å². The summed E-state index contributed by atoms with van der Waals surface area (Å²) in [7, 11) is 0. The predicted molar refractivity (Wildman–Crippen MR) is 70.8 cm³/mol. The summed E-state index contributed by atoms with van der Waals surface area (Å²) in [5.74, 6) is 0. The lowest BCUT2D eigenvalue weighted by atomic mass is 10.0. The Bertz CT molecular complexity index is 335. The second-order valence-electron chi connectivity index (χ2n) is 5.59. The fourth-order valence-corrected chi connectivity index (χ4v) is 2.47. The van der Waals surface area contributed by atoms with Crippen LogP contribution in [0, 0.1) is 0 Å². The average Bonchev–Trinajstić information content (AvgIpc) is 2.27. The van der Waals surface area contributed by atoms with Crippen LogP contribution >= 0.6 is 0 Å². The molecule has 2 rings (SSSR count). The molecule has 0 atom stereocenters. The second-order valence-corrected chi connectivity index (χ2v) is 5.59. The lowest BCUT2D eigenvalue weighted by Crippen LogP contribution is -2.51. The first-order chi connectivity index (χ1) is 8.16. The predicted octanol–water partition coefficient (Wildman–Crippen LogP) is 2.05. The zero-order valence-electron chi connectivity index (χ0n) is 10.9. The van der Waals surface area contributed by atoms with Crippen molar-refractivity contribution in [2.24, 2.45) is 0 Å². The van der Waals surface area contributed by atoms with Gasteiger partial charge in [-0.15, -0.1) is 0 Å². The van der Waals surface area contributed by atoms with Crippen LogP contribution in [0.15, 0.2) is 24.5 Å². The molecule has 2 heterocycles. The van der Waals surface area contributed by atoms with E-state index in [9.17, 15) is 0 Å². The average molecular weight is 233 g/mol. The highest BCUT2D eigenvalue weighted by Gasteiger charge is 2.22. The van der Waals surface area contributed by atoms with Crippen molar-refractivity contribution in [3.05, 3.63) is 30.1 Å². The first-order valence-electron chi connectivity index (χ1n) is 6.52. The highest BCUT2D eigenvalue weighted by atomic mass is 15.2. The van der Waals surface area contributed by atoms with Gasteiger partial charge in [-0.25, -0.2) is 0 Å². The van der Waals surface area contributed by atoms with Crippen molar-refractivity contribution < 1.29 is 0 Å². The summed E-state index contributed by atoms with van der Waals surface area (Å²) in [5.41, 5.74) is 1.52. The Balaban J connectivity index is 1.98. The maximum Gasteiger partial charge on any atom is 0.0312 e. The van der Waals surface area contributed by atoms with Crippen LogP contribution < -0.4 is 5.32 Å². The van der Waals surface area contributed by atoms with Gasteiger partial charge in [0.25, 0.3) is 0 Å². The summed E-state index contributed by atoms with van der Waals surface area (Å²) in [6, 6.07) is 4.18. The first kappa shape index (κ1) is 12.5. The van der Waals surface area contributed by atoms with Gasteiger partial charge in [-0.1, -0.05) is 6.07 Å². The molecule has 0 saturated carbocycles. The Labute approximate surface area is 104 Å². The van der Waals surface area contributed by atoms with E-state index in [4.69, 9.17) is 0 Å². The minimum atomic E-state index is 0.211. The molecule has 3 nitrogen and oxygen atoms in total. The number of hydrogen-bond acceptors (Lipinski definition) is 3. The van der Waals surface area contributed by atoms with E-state index < -0.39 is 0 Å². The van der Waals surface area contributed by atoms with Gasteiger partial charge < -0.3 is 5.32 Å². The molecule has 0 aliphatic carbocycles. The van der Waals surface area contributed by atoms with E-state index in [2.05, 4.69) is 35.1 Å². The summed E-state index contributed by atoms with van der Waals surface area (Å²) in [6.45, 7) is 9.03. The quantitative estimate of drug-likeness (QED) is 0.847. The van der Waals surface area contributed by atoms with Gasteiger partial charge in [0.1, 0.15) is 0 Å². The van der Waals surface area contributed by atoms with Crippen LogP contribution in [-0.2, 0) is 6.54 Å². The molecule has 3 heteroatoms. The molecular formula is C14H23N3. The Kier molecular flexibility index (Phi) is 4.13. The molecule has 1 saturated heterocycles. The molecule has 0 bridgehead atoms. The van der Waals surface area contributed by atoms with E-state index in [1.807, 2.05) is 18.5 Å². The van der Waals surface area contributed by atoms with Crippen molar-refractivity contribution >= 4 is 0 Å². The number of hydrogen-bond donors (Lipinski definition) is 1. The summed E-state index contributed by atoms with van der Waals surface area (Å²) in [5, 5.41) is 3.62. The van der Waals surface area contributed by atoms with Gasteiger partial charge >= 0.3 is 0 Å². The van der Waals surface area contributed by atoms with Gasteiger partial charge in [-0.3, -0.25) is 9.88 Å². The number of nitrogens with one attached hydrogen (secondary N) is 1. The lowest BCUT2D eigenvalue weighted by molar-refractivity contribution is 0.174. The van der Waals surface area contributed by atoms with Crippen LogP contribution in [0.25, 0.3) is 0 Å². The smallest absolute Gasteiger partial charge is 0.0312 e. The number of aromatic nitrogens is 1. The number of pyridine rings is 1. The fourth-order valence-electron chi connectivity index (χ4n) is 2.47. The standard InChI is InChI=1S/C14H23N3/c1-14(2)12-17(9-4-3-8-16-14)11-13-6-5-7-15-10-13/h5-7,10,16H,3-4,8-9,11-12H2,1-2H3. The van der Waals surface area contributed by atoms with Gasteiger partial charge in [0.15, 0.2) is 0 Å². The molecular weight excluding hydrogens is 210 g/mol. The maximum atomic E-state index is 4.19. The third kappa shape index (κ3) is 4.10. The van der Waals surface area contributed by atoms with Crippen molar-refractivity contribution in [1.29, 1.82) is 0 Å². The molecule has 1 aliphatic heterocycles. The van der Waals surface area contributed by atoms with Gasteiger partial charge in [0.05, 0.1) is 0 Å². The van der Waals surface area contributed by atoms with E-state index in [0.29, 0.717) is 0 Å². The molecule has 94 valence electrons. The zero-order valence-corrected chi connectivity index (χ0v) is 10.9. The molecule has 0 amide bonds. The topological polar surface area (TPSA) is 28.2 Å².